The summed E-state index contributed by atoms with van der Waals surface area (Å²) in [7, 11) is 0. The summed E-state index contributed by atoms with van der Waals surface area (Å²) in [6, 6.07) is 0. The van der Waals surface area contributed by atoms with E-state index in [9.17, 15) is 4.79 Å². The molecule has 0 fully saturated rings. The Morgan fingerprint density at radius 1 is 0.852 bits per heavy atom. The van der Waals surface area contributed by atoms with Crippen LogP contribution < -0.4 is 0 Å². The summed E-state index contributed by atoms with van der Waals surface area (Å²) < 4.78 is 5.31. The van der Waals surface area contributed by atoms with Gasteiger partial charge in [0.15, 0.2) is 0 Å². The topological polar surface area (TPSA) is 26.3 Å². The van der Waals surface area contributed by atoms with Gasteiger partial charge < -0.3 is 4.74 Å². The maximum Gasteiger partial charge on any atom is 0.311 e. The van der Waals surface area contributed by atoms with Gasteiger partial charge in [-0.2, -0.15) is 0 Å². The van der Waals surface area contributed by atoms with Crippen molar-refractivity contribution < 1.29 is 9.53 Å². The molecule has 0 amide bonds. The first kappa shape index (κ1) is 26.2. The molecule has 0 spiro atoms. The van der Waals surface area contributed by atoms with Gasteiger partial charge in [0, 0.05) is 0 Å². The number of esters is 1. The van der Waals surface area contributed by atoms with Crippen molar-refractivity contribution in [2.45, 2.75) is 113 Å². The fourth-order valence-corrected chi connectivity index (χ4v) is 3.29. The van der Waals surface area contributed by atoms with Crippen molar-refractivity contribution in [1.82, 2.24) is 0 Å². The molecule has 0 heterocycles. The fourth-order valence-electron chi connectivity index (χ4n) is 3.29. The molecule has 0 saturated heterocycles. The first-order valence-corrected chi connectivity index (χ1v) is 11.3. The predicted molar refractivity (Wildman–Crippen MR) is 119 cm³/mol. The monoisotopic (exact) mass is 380 g/mol. The van der Waals surface area contributed by atoms with Gasteiger partial charge in [-0.1, -0.05) is 78.2 Å². The third kappa shape index (κ3) is 15.9. The lowest BCUT2D eigenvalue weighted by atomic mass is 9.91. The summed E-state index contributed by atoms with van der Waals surface area (Å²) in [5.74, 6) is 2.43. The summed E-state index contributed by atoms with van der Waals surface area (Å²) in [5, 5.41) is 0. The second-order valence-corrected chi connectivity index (χ2v) is 10.3. The molecule has 0 aromatic rings. The van der Waals surface area contributed by atoms with Crippen LogP contribution >= 0.6 is 0 Å². The Labute approximate surface area is 170 Å². The smallest absolute Gasteiger partial charge is 0.311 e. The van der Waals surface area contributed by atoms with Crippen LogP contribution in [0.5, 0.6) is 0 Å². The van der Waals surface area contributed by atoms with Crippen molar-refractivity contribution in [2.24, 2.45) is 23.2 Å². The molecule has 27 heavy (non-hydrogen) atoms. The van der Waals surface area contributed by atoms with E-state index in [0.717, 1.165) is 24.2 Å². The number of hydrogen-bond donors (Lipinski definition) is 0. The number of carbonyl (C=O) groups excluding carboxylic acids is 1. The largest absolute Gasteiger partial charge is 0.461 e. The second-order valence-electron chi connectivity index (χ2n) is 10.3. The molecule has 0 saturated carbocycles. The molecule has 0 aliphatic rings. The van der Waals surface area contributed by atoms with Crippen molar-refractivity contribution in [3.63, 3.8) is 0 Å². The highest BCUT2D eigenvalue weighted by Gasteiger charge is 2.22. The molecule has 0 aliphatic heterocycles. The molecule has 0 bridgehead atoms. The third-order valence-corrected chi connectivity index (χ3v) is 5.40. The van der Waals surface area contributed by atoms with Gasteiger partial charge in [-0.3, -0.25) is 4.79 Å². The van der Waals surface area contributed by atoms with Crippen LogP contribution in [0.3, 0.4) is 0 Å². The van der Waals surface area contributed by atoms with Crippen molar-refractivity contribution in [3.05, 3.63) is 11.6 Å². The van der Waals surface area contributed by atoms with Gasteiger partial charge in [0.05, 0.1) is 5.41 Å². The standard InChI is InChI=1S/C25H48O2/c1-20(2)12-9-13-21(3)14-10-15-22(4)16-11-17-23(5)18-19-27-24(26)25(6,7)8/h18,20-22H,9-17,19H2,1-8H3/b23-18+/t21-,22-/m1/s1. The molecular weight excluding hydrogens is 332 g/mol. The van der Waals surface area contributed by atoms with E-state index in [4.69, 9.17) is 4.74 Å². The average molecular weight is 381 g/mol. The number of rotatable bonds is 14. The molecule has 2 nitrogen and oxygen atoms in total. The molecule has 0 unspecified atom stereocenters. The first-order chi connectivity index (χ1) is 12.5. The van der Waals surface area contributed by atoms with E-state index in [2.05, 4.69) is 40.7 Å². The molecule has 160 valence electrons. The lowest BCUT2D eigenvalue weighted by Crippen LogP contribution is -2.22. The predicted octanol–water partition coefficient (Wildman–Crippen LogP) is 7.96. The summed E-state index contributed by atoms with van der Waals surface area (Å²) in [5.41, 5.74) is 0.922. The van der Waals surface area contributed by atoms with Crippen LogP contribution in [0.15, 0.2) is 11.6 Å². The van der Waals surface area contributed by atoms with Crippen LogP contribution in [0, 0.1) is 23.2 Å². The van der Waals surface area contributed by atoms with Crippen molar-refractivity contribution in [1.29, 1.82) is 0 Å². The van der Waals surface area contributed by atoms with Gasteiger partial charge in [-0.15, -0.1) is 0 Å². The van der Waals surface area contributed by atoms with Gasteiger partial charge in [0.1, 0.15) is 6.61 Å². The molecule has 0 aromatic heterocycles. The molecule has 0 rings (SSSR count). The number of carbonyl (C=O) groups is 1. The zero-order valence-corrected chi connectivity index (χ0v) is 19.7. The SMILES string of the molecule is C/C(=C\COC(=O)C(C)(C)C)CCC[C@H](C)CCC[C@H](C)CCCC(C)C. The highest BCUT2D eigenvalue weighted by atomic mass is 16.5. The van der Waals surface area contributed by atoms with E-state index in [1.54, 1.807) is 0 Å². The molecule has 0 aromatic carbocycles. The van der Waals surface area contributed by atoms with Crippen molar-refractivity contribution in [2.75, 3.05) is 6.61 Å². The van der Waals surface area contributed by atoms with Crippen molar-refractivity contribution in [3.8, 4) is 0 Å². The van der Waals surface area contributed by atoms with E-state index in [-0.39, 0.29) is 5.97 Å². The fraction of sp³-hybridized carbons (Fsp3) is 0.880. The van der Waals surface area contributed by atoms with E-state index in [1.807, 2.05) is 20.8 Å². The van der Waals surface area contributed by atoms with Gasteiger partial charge in [-0.25, -0.2) is 0 Å². The minimum absolute atomic E-state index is 0.126. The number of hydrogen-bond acceptors (Lipinski definition) is 2. The Kier molecular flexibility index (Phi) is 13.8. The lowest BCUT2D eigenvalue weighted by Gasteiger charge is -2.16. The summed E-state index contributed by atoms with van der Waals surface area (Å²) in [6.45, 7) is 17.7. The lowest BCUT2D eigenvalue weighted by molar-refractivity contribution is -0.151. The van der Waals surface area contributed by atoms with Crippen LogP contribution in [0.25, 0.3) is 0 Å². The third-order valence-electron chi connectivity index (χ3n) is 5.40. The Hall–Kier alpha value is -0.790. The number of allylic oxidation sites excluding steroid dienone is 1. The molecule has 2 atom stereocenters. The number of ether oxygens (including phenoxy) is 1. The molecule has 2 heteroatoms. The minimum Gasteiger partial charge on any atom is -0.461 e. The zero-order chi connectivity index (χ0) is 20.9. The molecular formula is C25H48O2. The van der Waals surface area contributed by atoms with Crippen LogP contribution in [0.1, 0.15) is 113 Å². The van der Waals surface area contributed by atoms with Gasteiger partial charge in [0.25, 0.3) is 0 Å². The van der Waals surface area contributed by atoms with Crippen LogP contribution in [0.2, 0.25) is 0 Å². The quantitative estimate of drug-likeness (QED) is 0.226. The molecule has 0 N–H and O–H groups in total. The van der Waals surface area contributed by atoms with Gasteiger partial charge in [-0.05, 0) is 64.4 Å². The normalized spacial score (nSPS) is 15.1. The van der Waals surface area contributed by atoms with E-state index < -0.39 is 5.41 Å². The second kappa shape index (κ2) is 14.2. The first-order valence-electron chi connectivity index (χ1n) is 11.3. The maximum absolute atomic E-state index is 11.7. The van der Waals surface area contributed by atoms with Crippen LogP contribution in [-0.2, 0) is 9.53 Å². The van der Waals surface area contributed by atoms with Gasteiger partial charge in [0.2, 0.25) is 0 Å². The Morgan fingerprint density at radius 3 is 1.81 bits per heavy atom. The zero-order valence-electron chi connectivity index (χ0n) is 19.7. The molecule has 0 aliphatic carbocycles. The van der Waals surface area contributed by atoms with Crippen LogP contribution in [0.4, 0.5) is 0 Å². The Bertz CT molecular complexity index is 415. The Balaban J connectivity index is 3.76. The van der Waals surface area contributed by atoms with Crippen molar-refractivity contribution >= 4 is 5.97 Å². The summed E-state index contributed by atoms with van der Waals surface area (Å²) >= 11 is 0. The molecule has 0 radical (unpaired) electrons. The highest BCUT2D eigenvalue weighted by Crippen LogP contribution is 2.22. The summed E-state index contributed by atoms with van der Waals surface area (Å²) in [6.07, 6.45) is 14.0. The minimum atomic E-state index is -0.414. The van der Waals surface area contributed by atoms with E-state index in [0.29, 0.717) is 6.61 Å². The maximum atomic E-state index is 11.7. The summed E-state index contributed by atoms with van der Waals surface area (Å²) in [4.78, 5) is 11.7. The average Bonchev–Trinajstić information content (AvgIpc) is 2.53. The van der Waals surface area contributed by atoms with E-state index in [1.165, 1.54) is 56.9 Å². The van der Waals surface area contributed by atoms with Gasteiger partial charge >= 0.3 is 5.97 Å². The van der Waals surface area contributed by atoms with E-state index >= 15 is 0 Å². The Morgan fingerprint density at radius 2 is 1.33 bits per heavy atom. The highest BCUT2D eigenvalue weighted by molar-refractivity contribution is 5.75. The van der Waals surface area contributed by atoms with Crippen LogP contribution in [-0.4, -0.2) is 12.6 Å².